The number of nitrogens with zero attached hydrogens (tertiary/aromatic N) is 2. The van der Waals surface area contributed by atoms with Crippen molar-refractivity contribution in [2.75, 3.05) is 11.1 Å². The van der Waals surface area contributed by atoms with Gasteiger partial charge in [-0.15, -0.1) is 0 Å². The van der Waals surface area contributed by atoms with Crippen LogP contribution in [0.4, 0.5) is 5.69 Å². The zero-order valence-electron chi connectivity index (χ0n) is 15.5. The van der Waals surface area contributed by atoms with E-state index >= 15 is 0 Å². The number of fused-ring (bicyclic) bond motifs is 1. The van der Waals surface area contributed by atoms with E-state index in [1.165, 1.54) is 24.6 Å². The lowest BCUT2D eigenvalue weighted by Gasteiger charge is -2.15. The molecule has 0 unspecified atom stereocenters. The highest BCUT2D eigenvalue weighted by Gasteiger charge is 2.16. The maximum Gasteiger partial charge on any atom is 0.250 e. The summed E-state index contributed by atoms with van der Waals surface area (Å²) in [6.45, 7) is 0. The van der Waals surface area contributed by atoms with E-state index in [0.717, 1.165) is 36.9 Å². The number of nitriles is 1. The van der Waals surface area contributed by atoms with Crippen LogP contribution in [0.3, 0.4) is 0 Å². The lowest BCUT2D eigenvalue weighted by atomic mass is 9.96. The lowest BCUT2D eigenvalue weighted by Crippen LogP contribution is -2.19. The number of para-hydroxylation sites is 1. The lowest BCUT2D eigenvalue weighted by molar-refractivity contribution is -0.113. The second-order valence-corrected chi connectivity index (χ2v) is 7.68. The van der Waals surface area contributed by atoms with Gasteiger partial charge in [0.05, 0.1) is 22.6 Å². The van der Waals surface area contributed by atoms with Crippen molar-refractivity contribution in [3.8, 4) is 6.07 Å². The Morgan fingerprint density at radius 3 is 2.68 bits per heavy atom. The van der Waals surface area contributed by atoms with Gasteiger partial charge >= 0.3 is 0 Å². The van der Waals surface area contributed by atoms with Gasteiger partial charge in [-0.05, 0) is 49.4 Å². The summed E-state index contributed by atoms with van der Waals surface area (Å²) in [5, 5.41) is 12.8. The molecular weight excluding hydrogens is 372 g/mol. The van der Waals surface area contributed by atoms with Gasteiger partial charge in [0.15, 0.2) is 0 Å². The summed E-state index contributed by atoms with van der Waals surface area (Å²) in [5.74, 6) is -0.789. The zero-order valence-corrected chi connectivity index (χ0v) is 16.3. The molecule has 3 N–H and O–H groups in total. The molecule has 2 aromatic rings. The zero-order chi connectivity index (χ0) is 19.9. The second-order valence-electron chi connectivity index (χ2n) is 6.72. The molecule has 144 valence electrons. The summed E-state index contributed by atoms with van der Waals surface area (Å²) in [6, 6.07) is 10.7. The number of carbonyl (C=O) groups is 2. The molecule has 28 heavy (non-hydrogen) atoms. The number of primary amides is 1. The van der Waals surface area contributed by atoms with Crippen molar-refractivity contribution >= 4 is 29.3 Å². The Hall–Kier alpha value is -2.85. The van der Waals surface area contributed by atoms with Crippen LogP contribution in [0.2, 0.25) is 0 Å². The number of amides is 2. The van der Waals surface area contributed by atoms with Gasteiger partial charge in [-0.2, -0.15) is 5.26 Å². The van der Waals surface area contributed by atoms with E-state index in [1.54, 1.807) is 24.3 Å². The molecule has 6 nitrogen and oxygen atoms in total. The van der Waals surface area contributed by atoms with Gasteiger partial charge in [-0.3, -0.25) is 9.59 Å². The number of aryl methyl sites for hydroxylation is 2. The van der Waals surface area contributed by atoms with E-state index in [9.17, 15) is 14.9 Å². The van der Waals surface area contributed by atoms with Crippen LogP contribution >= 0.6 is 11.8 Å². The summed E-state index contributed by atoms with van der Waals surface area (Å²) in [7, 11) is 0. The summed E-state index contributed by atoms with van der Waals surface area (Å²) < 4.78 is 0. The quantitative estimate of drug-likeness (QED) is 0.755. The fraction of sp³-hybridized carbons (Fsp3) is 0.333. The van der Waals surface area contributed by atoms with Gasteiger partial charge in [0.25, 0.3) is 5.91 Å². The fourth-order valence-electron chi connectivity index (χ4n) is 3.29. The Bertz CT molecular complexity index is 936. The van der Waals surface area contributed by atoms with Crippen LogP contribution in [0.1, 0.15) is 52.9 Å². The van der Waals surface area contributed by atoms with Crippen molar-refractivity contribution in [3.05, 3.63) is 52.7 Å². The van der Waals surface area contributed by atoms with Gasteiger partial charge in [0, 0.05) is 5.69 Å². The van der Waals surface area contributed by atoms with Crippen LogP contribution in [-0.4, -0.2) is 22.6 Å². The Labute approximate surface area is 168 Å². The molecule has 0 aliphatic heterocycles. The molecule has 1 aromatic heterocycles. The molecule has 2 amide bonds. The van der Waals surface area contributed by atoms with Gasteiger partial charge in [-0.25, -0.2) is 4.98 Å². The van der Waals surface area contributed by atoms with E-state index in [4.69, 9.17) is 10.7 Å². The minimum absolute atomic E-state index is 0.0908. The summed E-state index contributed by atoms with van der Waals surface area (Å²) >= 11 is 1.24. The van der Waals surface area contributed by atoms with Crippen LogP contribution in [0, 0.1) is 11.3 Å². The minimum atomic E-state index is -0.598. The summed E-state index contributed by atoms with van der Waals surface area (Å²) in [4.78, 5) is 28.5. The molecule has 0 saturated heterocycles. The van der Waals surface area contributed by atoms with Gasteiger partial charge in [0.1, 0.15) is 11.1 Å². The first-order valence-electron chi connectivity index (χ1n) is 9.33. The maximum atomic E-state index is 12.4. The van der Waals surface area contributed by atoms with E-state index < -0.39 is 5.91 Å². The number of nitrogens with two attached hydrogens (primary N) is 1. The fourth-order valence-corrected chi connectivity index (χ4v) is 4.06. The monoisotopic (exact) mass is 394 g/mol. The molecule has 3 rings (SSSR count). The number of hydrogen-bond donors (Lipinski definition) is 2. The Morgan fingerprint density at radius 2 is 1.93 bits per heavy atom. The SMILES string of the molecule is N#Cc1cc2c(nc1SCC(=O)Nc1ccccc1C(N)=O)CCCCCC2. The van der Waals surface area contributed by atoms with Crippen LogP contribution in [0.5, 0.6) is 0 Å². The predicted octanol–water partition coefficient (Wildman–Crippen LogP) is 3.44. The van der Waals surface area contributed by atoms with Crippen LogP contribution < -0.4 is 11.1 Å². The van der Waals surface area contributed by atoms with E-state index in [1.807, 2.05) is 6.07 Å². The van der Waals surface area contributed by atoms with Crippen LogP contribution in [-0.2, 0) is 17.6 Å². The molecule has 0 atom stereocenters. The van der Waals surface area contributed by atoms with Crippen molar-refractivity contribution in [3.63, 3.8) is 0 Å². The number of aromatic nitrogens is 1. The molecule has 1 heterocycles. The highest BCUT2D eigenvalue weighted by molar-refractivity contribution is 8.00. The molecule has 1 aromatic carbocycles. The summed E-state index contributed by atoms with van der Waals surface area (Å²) in [6.07, 6.45) is 6.49. The molecular formula is C21H22N4O2S. The number of rotatable bonds is 5. The highest BCUT2D eigenvalue weighted by atomic mass is 32.2. The number of benzene rings is 1. The van der Waals surface area contributed by atoms with Gasteiger partial charge < -0.3 is 11.1 Å². The number of hydrogen-bond acceptors (Lipinski definition) is 5. The third-order valence-corrected chi connectivity index (χ3v) is 5.68. The van der Waals surface area contributed by atoms with Gasteiger partial charge in [-0.1, -0.05) is 36.7 Å². The van der Waals surface area contributed by atoms with Crippen molar-refractivity contribution in [1.82, 2.24) is 4.98 Å². The third kappa shape index (κ3) is 4.90. The molecule has 1 aliphatic rings. The number of pyridine rings is 1. The number of thioether (sulfide) groups is 1. The van der Waals surface area contributed by atoms with E-state index in [0.29, 0.717) is 16.3 Å². The van der Waals surface area contributed by atoms with Gasteiger partial charge in [0.2, 0.25) is 5.91 Å². The Kier molecular flexibility index (Phi) is 6.66. The molecule has 0 saturated carbocycles. The first kappa shape index (κ1) is 19.9. The summed E-state index contributed by atoms with van der Waals surface area (Å²) in [5.41, 5.74) is 8.69. The molecule has 0 bridgehead atoms. The average Bonchev–Trinajstić information content (AvgIpc) is 2.67. The maximum absolute atomic E-state index is 12.4. The minimum Gasteiger partial charge on any atom is -0.366 e. The van der Waals surface area contributed by atoms with Crippen molar-refractivity contribution < 1.29 is 9.59 Å². The van der Waals surface area contributed by atoms with E-state index in [2.05, 4.69) is 11.4 Å². The molecule has 7 heteroatoms. The molecule has 1 aliphatic carbocycles. The average molecular weight is 395 g/mol. The predicted molar refractivity (Wildman–Crippen MR) is 109 cm³/mol. The van der Waals surface area contributed by atoms with Crippen LogP contribution in [0.25, 0.3) is 0 Å². The number of nitrogens with one attached hydrogen (secondary N) is 1. The molecule has 0 radical (unpaired) electrons. The Morgan fingerprint density at radius 1 is 1.18 bits per heavy atom. The second kappa shape index (κ2) is 9.38. The Balaban J connectivity index is 1.72. The third-order valence-electron chi connectivity index (χ3n) is 4.69. The van der Waals surface area contributed by atoms with Crippen LogP contribution in [0.15, 0.2) is 35.4 Å². The topological polar surface area (TPSA) is 109 Å². The largest absolute Gasteiger partial charge is 0.366 e. The molecule has 0 spiro atoms. The van der Waals surface area contributed by atoms with E-state index in [-0.39, 0.29) is 17.2 Å². The standard InChI is InChI=1S/C21H22N4O2S/c22-12-15-11-14-7-3-1-2-4-9-17(14)25-21(15)28-13-19(26)24-18-10-6-5-8-16(18)20(23)27/h5-6,8,10-11H,1-4,7,9,13H2,(H2,23,27)(H,24,26). The van der Waals surface area contributed by atoms with Crippen molar-refractivity contribution in [2.45, 2.75) is 43.6 Å². The van der Waals surface area contributed by atoms with Crippen molar-refractivity contribution in [2.24, 2.45) is 5.73 Å². The number of carbonyl (C=O) groups excluding carboxylic acids is 2. The highest BCUT2D eigenvalue weighted by Crippen LogP contribution is 2.27. The number of anilines is 1. The first-order chi connectivity index (χ1) is 13.6. The first-order valence-corrected chi connectivity index (χ1v) is 10.3. The molecule has 0 fully saturated rings. The normalized spacial score (nSPS) is 13.5. The van der Waals surface area contributed by atoms with Crippen molar-refractivity contribution in [1.29, 1.82) is 5.26 Å². The smallest absolute Gasteiger partial charge is 0.250 e.